The lowest BCUT2D eigenvalue weighted by Crippen LogP contribution is -2.30. The number of nitrogens with one attached hydrogen (secondary N) is 1. The summed E-state index contributed by atoms with van der Waals surface area (Å²) in [5, 5.41) is 13.0. The number of hydrogen-bond acceptors (Lipinski definition) is 4. The molecule has 0 saturated heterocycles. The Hall–Kier alpha value is -3.03. The molecule has 0 heterocycles. The molecule has 0 fully saturated rings. The van der Waals surface area contributed by atoms with E-state index in [1.807, 2.05) is 0 Å². The first-order valence-electron chi connectivity index (χ1n) is 6.95. The highest BCUT2D eigenvalue weighted by molar-refractivity contribution is 5.94. The molecular weight excluding hydrogens is 322 g/mol. The number of benzene rings is 2. The third-order valence-electron chi connectivity index (χ3n) is 3.24. The van der Waals surface area contributed by atoms with E-state index in [-0.39, 0.29) is 17.1 Å². The molecule has 0 bridgehead atoms. The molecule has 0 saturated carbocycles. The maximum atomic E-state index is 13.5. The molecule has 6 nitrogen and oxygen atoms in total. The summed E-state index contributed by atoms with van der Waals surface area (Å²) in [5.74, 6) is -2.03. The van der Waals surface area contributed by atoms with Gasteiger partial charge in [-0.2, -0.15) is 0 Å². The normalized spacial score (nSPS) is 11.7. The second kappa shape index (κ2) is 7.03. The Morgan fingerprint density at radius 1 is 1.25 bits per heavy atom. The van der Waals surface area contributed by atoms with Crippen LogP contribution in [-0.2, 0) is 4.79 Å². The van der Waals surface area contributed by atoms with Crippen molar-refractivity contribution in [1.82, 2.24) is 0 Å². The van der Waals surface area contributed by atoms with Crippen molar-refractivity contribution in [2.24, 2.45) is 0 Å². The number of nitrogens with zero attached hydrogens (tertiary/aromatic N) is 1. The number of anilines is 1. The fourth-order valence-electron chi connectivity index (χ4n) is 1.99. The smallest absolute Gasteiger partial charge is 0.272 e. The van der Waals surface area contributed by atoms with Crippen molar-refractivity contribution in [3.63, 3.8) is 0 Å². The van der Waals surface area contributed by atoms with Gasteiger partial charge in [-0.1, -0.05) is 0 Å². The van der Waals surface area contributed by atoms with E-state index in [4.69, 9.17) is 4.74 Å². The number of ether oxygens (including phenoxy) is 1. The van der Waals surface area contributed by atoms with E-state index in [0.29, 0.717) is 11.6 Å². The molecule has 0 radical (unpaired) electrons. The fraction of sp³-hybridized carbons (Fsp3) is 0.188. The summed E-state index contributed by atoms with van der Waals surface area (Å²) in [6, 6.07) is 6.85. The van der Waals surface area contributed by atoms with Crippen molar-refractivity contribution in [2.75, 3.05) is 5.32 Å². The third kappa shape index (κ3) is 4.03. The van der Waals surface area contributed by atoms with Crippen LogP contribution < -0.4 is 10.1 Å². The van der Waals surface area contributed by atoms with Gasteiger partial charge in [0.05, 0.1) is 10.6 Å². The Balaban J connectivity index is 2.06. The lowest BCUT2D eigenvalue weighted by Gasteiger charge is -2.15. The summed E-state index contributed by atoms with van der Waals surface area (Å²) < 4.78 is 31.7. The molecule has 0 aliphatic heterocycles. The number of nitro benzene ring substituents is 1. The van der Waals surface area contributed by atoms with Gasteiger partial charge in [-0.3, -0.25) is 14.9 Å². The molecule has 0 aromatic heterocycles. The van der Waals surface area contributed by atoms with Crippen molar-refractivity contribution in [2.45, 2.75) is 20.0 Å². The van der Waals surface area contributed by atoms with Crippen LogP contribution in [0.2, 0.25) is 0 Å². The van der Waals surface area contributed by atoms with Gasteiger partial charge < -0.3 is 10.1 Å². The van der Waals surface area contributed by atoms with E-state index in [2.05, 4.69) is 5.32 Å². The highest BCUT2D eigenvalue weighted by Gasteiger charge is 2.18. The summed E-state index contributed by atoms with van der Waals surface area (Å²) in [6.07, 6.45) is -0.990. The molecule has 126 valence electrons. The molecule has 2 aromatic carbocycles. The predicted molar refractivity (Wildman–Crippen MR) is 82.9 cm³/mol. The van der Waals surface area contributed by atoms with Gasteiger partial charge >= 0.3 is 0 Å². The molecule has 1 N–H and O–H groups in total. The van der Waals surface area contributed by atoms with Crippen LogP contribution in [0.5, 0.6) is 5.75 Å². The Morgan fingerprint density at radius 2 is 1.96 bits per heavy atom. The zero-order valence-electron chi connectivity index (χ0n) is 12.9. The van der Waals surface area contributed by atoms with Crippen molar-refractivity contribution in [1.29, 1.82) is 0 Å². The van der Waals surface area contributed by atoms with Crippen molar-refractivity contribution in [3.05, 3.63) is 63.7 Å². The Kier molecular flexibility index (Phi) is 5.08. The molecule has 24 heavy (non-hydrogen) atoms. The lowest BCUT2D eigenvalue weighted by molar-refractivity contribution is -0.385. The zero-order chi connectivity index (χ0) is 17.9. The number of halogens is 2. The topological polar surface area (TPSA) is 81.5 Å². The molecule has 1 amide bonds. The minimum atomic E-state index is -0.990. The minimum Gasteiger partial charge on any atom is -0.481 e. The average molecular weight is 336 g/mol. The molecule has 0 aliphatic rings. The molecule has 8 heteroatoms. The van der Waals surface area contributed by atoms with Crippen LogP contribution in [0.4, 0.5) is 20.2 Å². The van der Waals surface area contributed by atoms with E-state index in [0.717, 1.165) is 12.1 Å². The first-order valence-corrected chi connectivity index (χ1v) is 6.95. The second-order valence-corrected chi connectivity index (χ2v) is 5.08. The van der Waals surface area contributed by atoms with Crippen LogP contribution in [0.15, 0.2) is 36.4 Å². The van der Waals surface area contributed by atoms with E-state index in [9.17, 15) is 23.7 Å². The van der Waals surface area contributed by atoms with Crippen LogP contribution in [-0.4, -0.2) is 16.9 Å². The van der Waals surface area contributed by atoms with Crippen LogP contribution in [0.1, 0.15) is 12.5 Å². The first-order chi connectivity index (χ1) is 11.3. The van der Waals surface area contributed by atoms with Gasteiger partial charge in [-0.15, -0.1) is 0 Å². The highest BCUT2D eigenvalue weighted by Crippen LogP contribution is 2.24. The number of aryl methyl sites for hydroxylation is 1. The van der Waals surface area contributed by atoms with Crippen LogP contribution in [0.3, 0.4) is 0 Å². The number of carbonyl (C=O) groups excluding carboxylic acids is 1. The quantitative estimate of drug-likeness (QED) is 0.668. The molecule has 1 atom stereocenters. The Labute approximate surface area is 136 Å². The van der Waals surface area contributed by atoms with E-state index < -0.39 is 28.6 Å². The number of hydrogen-bond donors (Lipinski definition) is 1. The van der Waals surface area contributed by atoms with Gasteiger partial charge in [-0.25, -0.2) is 8.78 Å². The van der Waals surface area contributed by atoms with E-state index >= 15 is 0 Å². The molecule has 2 aromatic rings. The van der Waals surface area contributed by atoms with E-state index in [1.165, 1.54) is 25.1 Å². The molecular formula is C16H14F2N2O4. The number of rotatable bonds is 5. The van der Waals surface area contributed by atoms with Crippen molar-refractivity contribution >= 4 is 17.3 Å². The standard InChI is InChI=1S/C16H14F2N2O4/c1-9-7-12(4-6-15(9)20(22)23)24-10(2)16(21)19-14-5-3-11(17)8-13(14)18/h3-8,10H,1-2H3,(H,19,21)/t10-/m0/s1. The van der Waals surface area contributed by atoms with Crippen molar-refractivity contribution < 1.29 is 23.2 Å². The van der Waals surface area contributed by atoms with Gasteiger partial charge in [0.2, 0.25) is 0 Å². The Morgan fingerprint density at radius 3 is 2.54 bits per heavy atom. The second-order valence-electron chi connectivity index (χ2n) is 5.08. The lowest BCUT2D eigenvalue weighted by atomic mass is 10.2. The fourth-order valence-corrected chi connectivity index (χ4v) is 1.99. The first kappa shape index (κ1) is 17.3. The van der Waals surface area contributed by atoms with Gasteiger partial charge in [0, 0.05) is 17.7 Å². The summed E-state index contributed by atoms with van der Waals surface area (Å²) in [5.41, 5.74) is 0.152. The van der Waals surface area contributed by atoms with Crippen LogP contribution in [0.25, 0.3) is 0 Å². The monoisotopic (exact) mass is 336 g/mol. The van der Waals surface area contributed by atoms with Crippen LogP contribution >= 0.6 is 0 Å². The summed E-state index contributed by atoms with van der Waals surface area (Å²) in [6.45, 7) is 2.98. The molecule has 0 unspecified atom stereocenters. The minimum absolute atomic E-state index is 0.0622. The largest absolute Gasteiger partial charge is 0.481 e. The highest BCUT2D eigenvalue weighted by atomic mass is 19.1. The van der Waals surface area contributed by atoms with Gasteiger partial charge in [0.25, 0.3) is 11.6 Å². The molecule has 0 aliphatic carbocycles. The van der Waals surface area contributed by atoms with Crippen molar-refractivity contribution in [3.8, 4) is 5.75 Å². The number of carbonyl (C=O) groups is 1. The van der Waals surface area contributed by atoms with Crippen LogP contribution in [0, 0.1) is 28.7 Å². The SMILES string of the molecule is Cc1cc(O[C@@H](C)C(=O)Nc2ccc(F)cc2F)ccc1[N+](=O)[O-]. The number of nitro groups is 1. The van der Waals surface area contributed by atoms with Gasteiger partial charge in [-0.05, 0) is 38.1 Å². The molecule has 2 rings (SSSR count). The van der Waals surface area contributed by atoms with Gasteiger partial charge in [0.1, 0.15) is 17.4 Å². The number of amides is 1. The Bertz CT molecular complexity index is 796. The predicted octanol–water partition coefficient (Wildman–Crippen LogP) is 3.59. The summed E-state index contributed by atoms with van der Waals surface area (Å²) in [4.78, 5) is 22.2. The molecule has 0 spiro atoms. The average Bonchev–Trinajstić information content (AvgIpc) is 2.49. The maximum Gasteiger partial charge on any atom is 0.272 e. The van der Waals surface area contributed by atoms with E-state index in [1.54, 1.807) is 6.92 Å². The van der Waals surface area contributed by atoms with Gasteiger partial charge in [0.15, 0.2) is 6.10 Å². The summed E-state index contributed by atoms with van der Waals surface area (Å²) in [7, 11) is 0. The third-order valence-corrected chi connectivity index (χ3v) is 3.24. The summed E-state index contributed by atoms with van der Waals surface area (Å²) >= 11 is 0. The zero-order valence-corrected chi connectivity index (χ0v) is 12.9. The maximum absolute atomic E-state index is 13.5.